The largest absolute Gasteiger partial charge is 0.365 e. The van der Waals surface area contributed by atoms with Crippen LogP contribution in [0, 0.1) is 27.4 Å². The summed E-state index contributed by atoms with van der Waals surface area (Å²) in [6, 6.07) is 3.23. The smallest absolute Gasteiger partial charge is 0.289 e. The number of rotatable bonds is 5. The van der Waals surface area contributed by atoms with Crippen molar-refractivity contribution in [1.29, 1.82) is 5.26 Å². The highest BCUT2D eigenvalue weighted by atomic mass is 16.6. The van der Waals surface area contributed by atoms with E-state index < -0.39 is 4.92 Å². The molecule has 106 valence electrons. The van der Waals surface area contributed by atoms with Gasteiger partial charge in [0.1, 0.15) is 23.6 Å². The number of hydrogen-bond acceptors (Lipinski definition) is 6. The maximum absolute atomic E-state index is 10.7. The summed E-state index contributed by atoms with van der Waals surface area (Å²) in [5.74, 6) is 0.851. The van der Waals surface area contributed by atoms with Crippen molar-refractivity contribution in [2.45, 2.75) is 31.7 Å². The van der Waals surface area contributed by atoms with Gasteiger partial charge in [0.2, 0.25) is 0 Å². The van der Waals surface area contributed by atoms with Crippen LogP contribution in [-0.2, 0) is 0 Å². The second-order valence-corrected chi connectivity index (χ2v) is 4.99. The highest BCUT2D eigenvalue weighted by molar-refractivity contribution is 5.56. The van der Waals surface area contributed by atoms with Crippen molar-refractivity contribution in [2.24, 2.45) is 11.7 Å². The predicted molar refractivity (Wildman–Crippen MR) is 74.0 cm³/mol. The highest BCUT2D eigenvalue weighted by Crippen LogP contribution is 2.29. The molecule has 7 nitrogen and oxygen atoms in total. The summed E-state index contributed by atoms with van der Waals surface area (Å²) in [6.07, 6.45) is 5.78. The molecule has 0 aliphatic heterocycles. The lowest BCUT2D eigenvalue weighted by atomic mass is 9.98. The first-order valence-corrected chi connectivity index (χ1v) is 6.67. The van der Waals surface area contributed by atoms with Crippen LogP contribution in [0.25, 0.3) is 0 Å². The van der Waals surface area contributed by atoms with Crippen LogP contribution in [0.4, 0.5) is 11.5 Å². The third-order valence-electron chi connectivity index (χ3n) is 3.75. The van der Waals surface area contributed by atoms with Gasteiger partial charge in [-0.15, -0.1) is 0 Å². The molecular weight excluding hydrogens is 258 g/mol. The standard InChI is InChI=1S/C13H17N5O2/c14-6-10-5-11(18(19)20)8-16-13(10)17-12(7-15)9-3-1-2-4-9/h5,8-9,12H,1-4,7,15H2,(H,16,17). The minimum Gasteiger partial charge on any atom is -0.365 e. The summed E-state index contributed by atoms with van der Waals surface area (Å²) < 4.78 is 0. The Morgan fingerprint density at radius 1 is 1.60 bits per heavy atom. The first-order valence-electron chi connectivity index (χ1n) is 6.67. The molecule has 1 heterocycles. The lowest BCUT2D eigenvalue weighted by Crippen LogP contribution is -2.35. The monoisotopic (exact) mass is 275 g/mol. The minimum atomic E-state index is -0.561. The predicted octanol–water partition coefficient (Wildman–Crippen LogP) is 1.79. The molecule has 20 heavy (non-hydrogen) atoms. The van der Waals surface area contributed by atoms with E-state index in [4.69, 9.17) is 11.0 Å². The molecule has 1 aromatic rings. The first kappa shape index (κ1) is 14.2. The van der Waals surface area contributed by atoms with Crippen molar-refractivity contribution < 1.29 is 4.92 Å². The summed E-state index contributed by atoms with van der Waals surface area (Å²) in [5, 5.41) is 23.0. The number of nitrogens with zero attached hydrogens (tertiary/aromatic N) is 3. The maximum atomic E-state index is 10.7. The van der Waals surface area contributed by atoms with Crippen molar-refractivity contribution in [1.82, 2.24) is 4.98 Å². The van der Waals surface area contributed by atoms with Crippen molar-refractivity contribution >= 4 is 11.5 Å². The summed E-state index contributed by atoms with van der Waals surface area (Å²) in [6.45, 7) is 0.453. The van der Waals surface area contributed by atoms with E-state index >= 15 is 0 Å². The van der Waals surface area contributed by atoms with E-state index in [-0.39, 0.29) is 17.3 Å². The van der Waals surface area contributed by atoms with Crippen LogP contribution >= 0.6 is 0 Å². The Balaban J connectivity index is 2.19. The molecule has 0 bridgehead atoms. The summed E-state index contributed by atoms with van der Waals surface area (Å²) in [4.78, 5) is 14.1. The van der Waals surface area contributed by atoms with Gasteiger partial charge in [-0.1, -0.05) is 12.8 Å². The van der Waals surface area contributed by atoms with Gasteiger partial charge in [0.05, 0.1) is 4.92 Å². The van der Waals surface area contributed by atoms with Crippen LogP contribution in [0.1, 0.15) is 31.2 Å². The third-order valence-corrected chi connectivity index (χ3v) is 3.75. The molecule has 0 aromatic carbocycles. The van der Waals surface area contributed by atoms with E-state index in [0.717, 1.165) is 19.0 Å². The number of nitrogens with two attached hydrogens (primary N) is 1. The average Bonchev–Trinajstić information content (AvgIpc) is 2.98. The normalized spacial score (nSPS) is 16.6. The van der Waals surface area contributed by atoms with Crippen molar-refractivity contribution in [3.8, 4) is 6.07 Å². The summed E-state index contributed by atoms with van der Waals surface area (Å²) in [5.41, 5.74) is 5.78. The lowest BCUT2D eigenvalue weighted by Gasteiger charge is -2.23. The van der Waals surface area contributed by atoms with Gasteiger partial charge < -0.3 is 11.1 Å². The van der Waals surface area contributed by atoms with E-state index in [1.165, 1.54) is 18.9 Å². The van der Waals surface area contributed by atoms with E-state index in [9.17, 15) is 10.1 Å². The number of pyridine rings is 1. The zero-order chi connectivity index (χ0) is 14.5. The minimum absolute atomic E-state index is 0.0542. The van der Waals surface area contributed by atoms with Crippen LogP contribution in [0.15, 0.2) is 12.3 Å². The van der Waals surface area contributed by atoms with E-state index in [2.05, 4.69) is 10.3 Å². The SMILES string of the molecule is N#Cc1cc([N+](=O)[O-])cnc1NC(CN)C1CCCC1. The van der Waals surface area contributed by atoms with Gasteiger partial charge in [0.15, 0.2) is 0 Å². The van der Waals surface area contributed by atoms with Gasteiger partial charge >= 0.3 is 0 Å². The number of anilines is 1. The number of nitriles is 1. The zero-order valence-corrected chi connectivity index (χ0v) is 11.1. The molecule has 0 spiro atoms. The lowest BCUT2D eigenvalue weighted by molar-refractivity contribution is -0.385. The highest BCUT2D eigenvalue weighted by Gasteiger charge is 2.25. The second kappa shape index (κ2) is 6.30. The quantitative estimate of drug-likeness (QED) is 0.624. The Bertz CT molecular complexity index is 534. The molecule has 3 N–H and O–H groups in total. The van der Waals surface area contributed by atoms with Crippen molar-refractivity contribution in [3.63, 3.8) is 0 Å². The van der Waals surface area contributed by atoms with Crippen LogP contribution in [0.3, 0.4) is 0 Å². The Morgan fingerprint density at radius 2 is 2.30 bits per heavy atom. The third kappa shape index (κ3) is 3.03. The van der Waals surface area contributed by atoms with E-state index in [1.807, 2.05) is 6.07 Å². The molecule has 1 unspecified atom stereocenters. The second-order valence-electron chi connectivity index (χ2n) is 4.99. The Labute approximate surface area is 117 Å². The van der Waals surface area contributed by atoms with Gasteiger partial charge in [-0.05, 0) is 18.8 Å². The van der Waals surface area contributed by atoms with Crippen LogP contribution in [0.2, 0.25) is 0 Å². The molecule has 1 atom stereocenters. The van der Waals surface area contributed by atoms with E-state index in [0.29, 0.717) is 18.3 Å². The van der Waals surface area contributed by atoms with E-state index in [1.54, 1.807) is 0 Å². The number of hydrogen-bond donors (Lipinski definition) is 2. The molecule has 0 saturated heterocycles. The summed E-state index contributed by atoms with van der Waals surface area (Å²) >= 11 is 0. The Hall–Kier alpha value is -2.20. The molecule has 1 aromatic heterocycles. The van der Waals surface area contributed by atoms with Gasteiger partial charge in [-0.25, -0.2) is 4.98 Å². The molecule has 2 rings (SSSR count). The van der Waals surface area contributed by atoms with Gasteiger partial charge in [0.25, 0.3) is 5.69 Å². The van der Waals surface area contributed by atoms with Crippen LogP contribution < -0.4 is 11.1 Å². The number of nitro groups is 1. The molecule has 1 aliphatic carbocycles. The molecule has 1 fully saturated rings. The summed E-state index contributed by atoms with van der Waals surface area (Å²) in [7, 11) is 0. The van der Waals surface area contributed by atoms with Crippen LogP contribution in [0.5, 0.6) is 0 Å². The molecular formula is C13H17N5O2. The van der Waals surface area contributed by atoms with Gasteiger partial charge in [-0.2, -0.15) is 5.26 Å². The van der Waals surface area contributed by atoms with Crippen molar-refractivity contribution in [3.05, 3.63) is 27.9 Å². The Morgan fingerprint density at radius 3 is 2.85 bits per heavy atom. The number of aromatic nitrogens is 1. The molecule has 1 saturated carbocycles. The van der Waals surface area contributed by atoms with Gasteiger partial charge in [0, 0.05) is 18.7 Å². The fraction of sp³-hybridized carbons (Fsp3) is 0.538. The average molecular weight is 275 g/mol. The Kier molecular flexibility index (Phi) is 4.48. The molecule has 0 radical (unpaired) electrons. The first-order chi connectivity index (χ1) is 9.65. The fourth-order valence-electron chi connectivity index (χ4n) is 2.66. The number of nitrogens with one attached hydrogen (secondary N) is 1. The van der Waals surface area contributed by atoms with Crippen molar-refractivity contribution in [2.75, 3.05) is 11.9 Å². The topological polar surface area (TPSA) is 118 Å². The molecule has 7 heteroatoms. The molecule has 0 amide bonds. The zero-order valence-electron chi connectivity index (χ0n) is 11.1. The van der Waals surface area contributed by atoms with Gasteiger partial charge in [-0.3, -0.25) is 10.1 Å². The maximum Gasteiger partial charge on any atom is 0.289 e. The van der Waals surface area contributed by atoms with Crippen LogP contribution in [-0.4, -0.2) is 22.5 Å². The fourth-order valence-corrected chi connectivity index (χ4v) is 2.66. The molecule has 1 aliphatic rings.